The maximum Gasteiger partial charge on any atom is 0.228 e. The van der Waals surface area contributed by atoms with E-state index < -0.39 is 0 Å². The molecule has 0 spiro atoms. The Morgan fingerprint density at radius 1 is 1.04 bits per heavy atom. The van der Waals surface area contributed by atoms with Crippen LogP contribution in [-0.4, -0.2) is 18.8 Å². The van der Waals surface area contributed by atoms with E-state index in [-0.39, 0.29) is 5.91 Å². The molecule has 0 unspecified atom stereocenters. The largest absolute Gasteiger partial charge is 0.497 e. The van der Waals surface area contributed by atoms with E-state index in [9.17, 15) is 4.79 Å². The predicted octanol–water partition coefficient (Wildman–Crippen LogP) is 5.00. The molecule has 1 aromatic heterocycles. The number of amides is 1. The number of carbonyl (C=O) groups excluding carboxylic acids is 1. The fourth-order valence-electron chi connectivity index (χ4n) is 2.55. The minimum atomic E-state index is 0.0774. The number of hydrogen-bond acceptors (Lipinski definition) is 4. The second kappa shape index (κ2) is 9.15. The van der Waals surface area contributed by atoms with Gasteiger partial charge in [0.1, 0.15) is 11.5 Å². The second-order valence-corrected chi connectivity index (χ2v) is 6.84. The van der Waals surface area contributed by atoms with Crippen molar-refractivity contribution in [1.82, 2.24) is 0 Å². The summed E-state index contributed by atoms with van der Waals surface area (Å²) in [5.41, 5.74) is 0.878. The number of carbonyl (C=O) groups is 1. The van der Waals surface area contributed by atoms with Crippen molar-refractivity contribution in [2.45, 2.75) is 17.9 Å². The zero-order valence-electron chi connectivity index (χ0n) is 14.6. The summed E-state index contributed by atoms with van der Waals surface area (Å²) in [5.74, 6) is 2.39. The second-order valence-electron chi connectivity index (χ2n) is 5.67. The highest BCUT2D eigenvalue weighted by Gasteiger charge is 2.17. The topological polar surface area (TPSA) is 42.7 Å². The third-order valence-corrected chi connectivity index (χ3v) is 4.92. The van der Waals surface area contributed by atoms with Crippen LogP contribution in [0.1, 0.15) is 12.2 Å². The molecule has 1 heterocycles. The van der Waals surface area contributed by atoms with Crippen LogP contribution < -0.4 is 9.64 Å². The summed E-state index contributed by atoms with van der Waals surface area (Å²) >= 11 is 1.66. The van der Waals surface area contributed by atoms with Gasteiger partial charge < -0.3 is 14.1 Å². The van der Waals surface area contributed by atoms with Crippen molar-refractivity contribution in [2.24, 2.45) is 0 Å². The zero-order chi connectivity index (χ0) is 18.2. The minimum absolute atomic E-state index is 0.0774. The van der Waals surface area contributed by atoms with E-state index in [1.54, 1.807) is 30.0 Å². The first kappa shape index (κ1) is 18.1. The Labute approximate surface area is 157 Å². The molecule has 0 bridgehead atoms. The number of furan rings is 1. The van der Waals surface area contributed by atoms with Crippen molar-refractivity contribution in [3.05, 3.63) is 78.8 Å². The molecule has 0 radical (unpaired) electrons. The molecular formula is C21H21NO3S. The predicted molar refractivity (Wildman–Crippen MR) is 105 cm³/mol. The summed E-state index contributed by atoms with van der Waals surface area (Å²) in [6.45, 7) is 0.434. The Balaban J connectivity index is 1.61. The highest BCUT2D eigenvalue weighted by Crippen LogP contribution is 2.23. The van der Waals surface area contributed by atoms with Crippen LogP contribution in [-0.2, 0) is 11.3 Å². The van der Waals surface area contributed by atoms with E-state index in [0.29, 0.717) is 18.7 Å². The molecule has 0 fully saturated rings. The Hall–Kier alpha value is -2.66. The number of hydrogen-bond donors (Lipinski definition) is 0. The molecule has 3 aromatic rings. The van der Waals surface area contributed by atoms with Gasteiger partial charge in [0.15, 0.2) is 0 Å². The highest BCUT2D eigenvalue weighted by atomic mass is 32.2. The first-order valence-electron chi connectivity index (χ1n) is 8.41. The van der Waals surface area contributed by atoms with Crippen molar-refractivity contribution in [1.29, 1.82) is 0 Å². The molecule has 0 saturated carbocycles. The summed E-state index contributed by atoms with van der Waals surface area (Å²) in [6, 6.07) is 21.3. The lowest BCUT2D eigenvalue weighted by atomic mass is 10.2. The standard InChI is InChI=1S/C21H21NO3S/c1-24-18-9-11-20(12-10-18)26-15-13-21(23)22(16-19-8-5-14-25-19)17-6-3-2-4-7-17/h2-12,14H,13,15-16H2,1H3. The number of ether oxygens (including phenoxy) is 1. The fourth-order valence-corrected chi connectivity index (χ4v) is 3.39. The summed E-state index contributed by atoms with van der Waals surface area (Å²) < 4.78 is 10.6. The lowest BCUT2D eigenvalue weighted by Crippen LogP contribution is -2.30. The molecule has 4 nitrogen and oxygen atoms in total. The average molecular weight is 367 g/mol. The lowest BCUT2D eigenvalue weighted by molar-refractivity contribution is -0.118. The van der Waals surface area contributed by atoms with Crippen LogP contribution in [0.3, 0.4) is 0 Å². The van der Waals surface area contributed by atoms with E-state index in [1.807, 2.05) is 66.7 Å². The monoisotopic (exact) mass is 367 g/mol. The molecule has 134 valence electrons. The number of benzene rings is 2. The van der Waals surface area contributed by atoms with Crippen LogP contribution in [0.4, 0.5) is 5.69 Å². The van der Waals surface area contributed by atoms with Crippen molar-refractivity contribution in [3.8, 4) is 5.75 Å². The van der Waals surface area contributed by atoms with Gasteiger partial charge in [0.05, 0.1) is 19.9 Å². The first-order valence-corrected chi connectivity index (χ1v) is 9.39. The quantitative estimate of drug-likeness (QED) is 0.525. The molecule has 0 aliphatic rings. The molecule has 0 aliphatic heterocycles. The summed E-state index contributed by atoms with van der Waals surface area (Å²) in [4.78, 5) is 15.7. The van der Waals surface area contributed by atoms with Gasteiger partial charge in [0.25, 0.3) is 0 Å². The smallest absolute Gasteiger partial charge is 0.228 e. The van der Waals surface area contributed by atoms with Crippen LogP contribution >= 0.6 is 11.8 Å². The van der Waals surface area contributed by atoms with Gasteiger partial charge in [-0.25, -0.2) is 0 Å². The molecular weight excluding hydrogens is 346 g/mol. The molecule has 5 heteroatoms. The molecule has 3 rings (SSSR count). The molecule has 0 aliphatic carbocycles. The van der Waals surface area contributed by atoms with Gasteiger partial charge in [-0.2, -0.15) is 0 Å². The zero-order valence-corrected chi connectivity index (χ0v) is 15.4. The Kier molecular flexibility index (Phi) is 6.39. The molecule has 1 amide bonds. The maximum atomic E-state index is 12.8. The number of para-hydroxylation sites is 1. The molecule has 0 N–H and O–H groups in total. The first-order chi connectivity index (χ1) is 12.8. The summed E-state index contributed by atoms with van der Waals surface area (Å²) in [7, 11) is 1.65. The van der Waals surface area contributed by atoms with E-state index in [0.717, 1.165) is 22.1 Å². The van der Waals surface area contributed by atoms with Crippen molar-refractivity contribution in [2.75, 3.05) is 17.8 Å². The summed E-state index contributed by atoms with van der Waals surface area (Å²) in [5, 5.41) is 0. The third-order valence-electron chi connectivity index (χ3n) is 3.91. The van der Waals surface area contributed by atoms with Crippen molar-refractivity contribution in [3.63, 3.8) is 0 Å². The van der Waals surface area contributed by atoms with Crippen LogP contribution in [0.5, 0.6) is 5.75 Å². The molecule has 26 heavy (non-hydrogen) atoms. The van der Waals surface area contributed by atoms with E-state index in [2.05, 4.69) is 0 Å². The number of rotatable bonds is 8. The summed E-state index contributed by atoms with van der Waals surface area (Å²) in [6.07, 6.45) is 2.08. The van der Waals surface area contributed by atoms with Crippen LogP contribution in [0.25, 0.3) is 0 Å². The fraction of sp³-hybridized carbons (Fsp3) is 0.190. The van der Waals surface area contributed by atoms with Gasteiger partial charge in [-0.1, -0.05) is 18.2 Å². The maximum absolute atomic E-state index is 12.8. The number of thioether (sulfide) groups is 1. The minimum Gasteiger partial charge on any atom is -0.497 e. The highest BCUT2D eigenvalue weighted by molar-refractivity contribution is 7.99. The number of nitrogens with zero attached hydrogens (tertiary/aromatic N) is 1. The van der Waals surface area contributed by atoms with Crippen LogP contribution in [0.15, 0.2) is 82.3 Å². The Morgan fingerprint density at radius 2 is 1.81 bits per heavy atom. The molecule has 0 saturated heterocycles. The van der Waals surface area contributed by atoms with Crippen LogP contribution in [0, 0.1) is 0 Å². The molecule has 2 aromatic carbocycles. The van der Waals surface area contributed by atoms with Gasteiger partial charge in [0, 0.05) is 22.8 Å². The average Bonchev–Trinajstić information content (AvgIpc) is 3.20. The Morgan fingerprint density at radius 3 is 2.46 bits per heavy atom. The van der Waals surface area contributed by atoms with E-state index >= 15 is 0 Å². The van der Waals surface area contributed by atoms with Crippen molar-refractivity contribution >= 4 is 23.4 Å². The van der Waals surface area contributed by atoms with Gasteiger partial charge in [-0.3, -0.25) is 4.79 Å². The van der Waals surface area contributed by atoms with Crippen molar-refractivity contribution < 1.29 is 13.9 Å². The van der Waals surface area contributed by atoms with Crippen LogP contribution in [0.2, 0.25) is 0 Å². The van der Waals surface area contributed by atoms with Gasteiger partial charge >= 0.3 is 0 Å². The molecule has 0 atom stereocenters. The van der Waals surface area contributed by atoms with Gasteiger partial charge in [-0.05, 0) is 48.5 Å². The van der Waals surface area contributed by atoms with Gasteiger partial charge in [-0.15, -0.1) is 11.8 Å². The lowest BCUT2D eigenvalue weighted by Gasteiger charge is -2.22. The van der Waals surface area contributed by atoms with Gasteiger partial charge in [0.2, 0.25) is 5.91 Å². The number of anilines is 1. The number of methoxy groups -OCH3 is 1. The van der Waals surface area contributed by atoms with E-state index in [4.69, 9.17) is 9.15 Å². The Bertz CT molecular complexity index is 801. The SMILES string of the molecule is COc1ccc(SCCC(=O)N(Cc2ccco2)c2ccccc2)cc1. The third kappa shape index (κ3) is 4.92. The van der Waals surface area contributed by atoms with E-state index in [1.165, 1.54) is 0 Å². The normalized spacial score (nSPS) is 10.5.